The second-order valence-electron chi connectivity index (χ2n) is 6.03. The van der Waals surface area contributed by atoms with Gasteiger partial charge in [-0.05, 0) is 39.8 Å². The molecule has 2 rings (SSSR count). The van der Waals surface area contributed by atoms with Gasteiger partial charge >= 0.3 is 0 Å². The van der Waals surface area contributed by atoms with Gasteiger partial charge in [-0.2, -0.15) is 0 Å². The lowest BCUT2D eigenvalue weighted by Crippen LogP contribution is -2.53. The molecule has 0 spiro atoms. The van der Waals surface area contributed by atoms with Gasteiger partial charge in [0, 0.05) is 38.3 Å². The van der Waals surface area contributed by atoms with Gasteiger partial charge in [-0.15, -0.1) is 0 Å². The zero-order valence-corrected chi connectivity index (χ0v) is 11.8. The number of hydrogen-bond donors (Lipinski definition) is 1. The maximum atomic E-state index is 3.53. The summed E-state index contributed by atoms with van der Waals surface area (Å²) in [5, 5.41) is 3.53. The van der Waals surface area contributed by atoms with Crippen molar-refractivity contribution in [3.63, 3.8) is 0 Å². The minimum absolute atomic E-state index is 0.723. The van der Waals surface area contributed by atoms with Gasteiger partial charge in [-0.25, -0.2) is 0 Å². The lowest BCUT2D eigenvalue weighted by Gasteiger charge is -2.41. The van der Waals surface area contributed by atoms with Crippen LogP contribution < -0.4 is 5.32 Å². The van der Waals surface area contributed by atoms with E-state index < -0.39 is 0 Å². The predicted octanol–water partition coefficient (Wildman–Crippen LogP) is 1.40. The molecule has 0 aromatic rings. The van der Waals surface area contributed by atoms with Crippen LogP contribution >= 0.6 is 0 Å². The smallest absolute Gasteiger partial charge is 0.0192 e. The minimum atomic E-state index is 0.723. The van der Waals surface area contributed by atoms with Gasteiger partial charge in [-0.3, -0.25) is 0 Å². The SMILES string of the molecule is CNC1CCCCC1CN1CCN(C)C(C)C1. The van der Waals surface area contributed by atoms with Crippen LogP contribution in [0.2, 0.25) is 0 Å². The first-order valence-electron chi connectivity index (χ1n) is 7.30. The highest BCUT2D eigenvalue weighted by Crippen LogP contribution is 2.25. The van der Waals surface area contributed by atoms with Crippen LogP contribution in [0.15, 0.2) is 0 Å². The average molecular weight is 239 g/mol. The molecule has 0 amide bonds. The molecule has 2 fully saturated rings. The molecule has 1 aliphatic carbocycles. The summed E-state index contributed by atoms with van der Waals surface area (Å²) >= 11 is 0. The van der Waals surface area contributed by atoms with Gasteiger partial charge < -0.3 is 15.1 Å². The second kappa shape index (κ2) is 6.17. The fourth-order valence-electron chi connectivity index (χ4n) is 3.43. The molecule has 17 heavy (non-hydrogen) atoms. The molecule has 3 nitrogen and oxygen atoms in total. The first-order valence-corrected chi connectivity index (χ1v) is 7.30. The molecule has 3 atom stereocenters. The highest BCUT2D eigenvalue weighted by molar-refractivity contribution is 4.85. The lowest BCUT2D eigenvalue weighted by atomic mass is 9.84. The number of likely N-dealkylation sites (N-methyl/N-ethyl adjacent to an activating group) is 1. The van der Waals surface area contributed by atoms with Crippen LogP contribution in [0.3, 0.4) is 0 Å². The summed E-state index contributed by atoms with van der Waals surface area (Å²) < 4.78 is 0. The Labute approximate surface area is 107 Å². The molecule has 2 aliphatic rings. The highest BCUT2D eigenvalue weighted by Gasteiger charge is 2.28. The largest absolute Gasteiger partial charge is 0.317 e. The van der Waals surface area contributed by atoms with E-state index in [-0.39, 0.29) is 0 Å². The molecule has 0 radical (unpaired) electrons. The lowest BCUT2D eigenvalue weighted by molar-refractivity contribution is 0.0789. The summed E-state index contributed by atoms with van der Waals surface area (Å²) in [6.07, 6.45) is 5.66. The van der Waals surface area contributed by atoms with E-state index in [0.29, 0.717) is 0 Å². The Morgan fingerprint density at radius 3 is 2.65 bits per heavy atom. The van der Waals surface area contributed by atoms with E-state index in [1.54, 1.807) is 0 Å². The number of nitrogens with zero attached hydrogens (tertiary/aromatic N) is 2. The van der Waals surface area contributed by atoms with Crippen LogP contribution in [0.25, 0.3) is 0 Å². The van der Waals surface area contributed by atoms with Crippen molar-refractivity contribution < 1.29 is 0 Å². The summed E-state index contributed by atoms with van der Waals surface area (Å²) in [6.45, 7) is 7.40. The Bertz CT molecular complexity index is 232. The molecule has 1 aliphatic heterocycles. The first kappa shape index (κ1) is 13.3. The molecule has 1 saturated heterocycles. The van der Waals surface area contributed by atoms with E-state index in [0.717, 1.165) is 18.0 Å². The molecule has 0 aromatic heterocycles. The highest BCUT2D eigenvalue weighted by atomic mass is 15.3. The van der Waals surface area contributed by atoms with Crippen LogP contribution in [-0.4, -0.2) is 62.2 Å². The Morgan fingerprint density at radius 2 is 1.94 bits per heavy atom. The molecule has 1 saturated carbocycles. The molecule has 1 heterocycles. The monoisotopic (exact) mass is 239 g/mol. The minimum Gasteiger partial charge on any atom is -0.317 e. The van der Waals surface area contributed by atoms with Gasteiger partial charge in [0.05, 0.1) is 0 Å². The average Bonchev–Trinajstić information content (AvgIpc) is 2.34. The van der Waals surface area contributed by atoms with E-state index in [1.807, 2.05) is 0 Å². The summed E-state index contributed by atoms with van der Waals surface area (Å²) in [6, 6.07) is 1.49. The van der Waals surface area contributed by atoms with Gasteiger partial charge in [0.25, 0.3) is 0 Å². The van der Waals surface area contributed by atoms with E-state index in [4.69, 9.17) is 0 Å². The third-order valence-electron chi connectivity index (χ3n) is 4.82. The van der Waals surface area contributed by atoms with Crippen LogP contribution in [-0.2, 0) is 0 Å². The fourth-order valence-corrected chi connectivity index (χ4v) is 3.43. The third kappa shape index (κ3) is 3.43. The normalized spacial score (nSPS) is 37.2. The maximum absolute atomic E-state index is 3.53. The van der Waals surface area contributed by atoms with Crippen molar-refractivity contribution in [2.75, 3.05) is 40.3 Å². The number of rotatable bonds is 3. The molecular formula is C14H29N3. The summed E-state index contributed by atoms with van der Waals surface area (Å²) in [5.74, 6) is 0.879. The zero-order chi connectivity index (χ0) is 12.3. The molecule has 3 unspecified atom stereocenters. The number of nitrogens with one attached hydrogen (secondary N) is 1. The quantitative estimate of drug-likeness (QED) is 0.803. The van der Waals surface area contributed by atoms with Crippen molar-refractivity contribution in [3.8, 4) is 0 Å². The van der Waals surface area contributed by atoms with Crippen molar-refractivity contribution in [2.45, 2.75) is 44.7 Å². The van der Waals surface area contributed by atoms with Crippen molar-refractivity contribution in [1.29, 1.82) is 0 Å². The molecule has 0 aromatic carbocycles. The van der Waals surface area contributed by atoms with Crippen LogP contribution in [0, 0.1) is 5.92 Å². The van der Waals surface area contributed by atoms with E-state index in [2.05, 4.69) is 36.1 Å². The van der Waals surface area contributed by atoms with E-state index in [9.17, 15) is 0 Å². The Balaban J connectivity index is 1.83. The summed E-state index contributed by atoms with van der Waals surface area (Å²) in [5.41, 5.74) is 0. The molecule has 3 heteroatoms. The molecule has 0 bridgehead atoms. The van der Waals surface area contributed by atoms with E-state index in [1.165, 1.54) is 51.9 Å². The topological polar surface area (TPSA) is 18.5 Å². The third-order valence-corrected chi connectivity index (χ3v) is 4.82. The van der Waals surface area contributed by atoms with Gasteiger partial charge in [0.1, 0.15) is 0 Å². The number of hydrogen-bond acceptors (Lipinski definition) is 3. The van der Waals surface area contributed by atoms with E-state index >= 15 is 0 Å². The fraction of sp³-hybridized carbons (Fsp3) is 1.00. The van der Waals surface area contributed by atoms with Crippen molar-refractivity contribution in [3.05, 3.63) is 0 Å². The van der Waals surface area contributed by atoms with Crippen molar-refractivity contribution in [1.82, 2.24) is 15.1 Å². The summed E-state index contributed by atoms with van der Waals surface area (Å²) in [7, 11) is 4.38. The Hall–Kier alpha value is -0.120. The van der Waals surface area contributed by atoms with Gasteiger partial charge in [0.2, 0.25) is 0 Å². The Morgan fingerprint density at radius 1 is 1.18 bits per heavy atom. The number of piperazine rings is 1. The predicted molar refractivity (Wildman–Crippen MR) is 73.3 cm³/mol. The van der Waals surface area contributed by atoms with Crippen LogP contribution in [0.4, 0.5) is 0 Å². The second-order valence-corrected chi connectivity index (χ2v) is 6.03. The van der Waals surface area contributed by atoms with Gasteiger partial charge in [-0.1, -0.05) is 12.8 Å². The Kier molecular flexibility index (Phi) is 4.83. The first-order chi connectivity index (χ1) is 8.20. The van der Waals surface area contributed by atoms with Crippen LogP contribution in [0.5, 0.6) is 0 Å². The standard InChI is InChI=1S/C14H29N3/c1-12-10-17(9-8-16(12)3)11-13-6-4-5-7-14(13)15-2/h12-15H,4-11H2,1-3H3. The molecular weight excluding hydrogens is 210 g/mol. The zero-order valence-electron chi connectivity index (χ0n) is 11.8. The van der Waals surface area contributed by atoms with Crippen LogP contribution in [0.1, 0.15) is 32.6 Å². The molecule has 1 N–H and O–H groups in total. The summed E-state index contributed by atoms with van der Waals surface area (Å²) in [4.78, 5) is 5.16. The van der Waals surface area contributed by atoms with Crippen molar-refractivity contribution in [2.24, 2.45) is 5.92 Å². The maximum Gasteiger partial charge on any atom is 0.0192 e. The molecule has 100 valence electrons. The van der Waals surface area contributed by atoms with Gasteiger partial charge in [0.15, 0.2) is 0 Å². The van der Waals surface area contributed by atoms with Crippen molar-refractivity contribution >= 4 is 0 Å².